The number of fused-ring (bicyclic) bond motifs is 1. The fourth-order valence-corrected chi connectivity index (χ4v) is 4.73. The second-order valence-corrected chi connectivity index (χ2v) is 9.38. The summed E-state index contributed by atoms with van der Waals surface area (Å²) < 4.78 is 2.21. The Bertz CT molecular complexity index is 1030. The first-order valence-electron chi connectivity index (χ1n) is 11.6. The highest BCUT2D eigenvalue weighted by Gasteiger charge is 2.26. The van der Waals surface area contributed by atoms with Crippen molar-refractivity contribution in [3.05, 3.63) is 71.4 Å². The summed E-state index contributed by atoms with van der Waals surface area (Å²) in [5.74, 6) is 0.837. The fourth-order valence-electron chi connectivity index (χ4n) is 4.73. The molecule has 4 rings (SSSR count). The molecule has 1 atom stereocenters. The van der Waals surface area contributed by atoms with Gasteiger partial charge in [0.2, 0.25) is 5.91 Å². The summed E-state index contributed by atoms with van der Waals surface area (Å²) in [6.45, 7) is 9.38. The van der Waals surface area contributed by atoms with Gasteiger partial charge in [-0.2, -0.15) is 0 Å². The maximum atomic E-state index is 12.9. The molecule has 1 amide bonds. The third-order valence-electron chi connectivity index (χ3n) is 6.79. The van der Waals surface area contributed by atoms with Crippen LogP contribution in [-0.4, -0.2) is 28.5 Å². The van der Waals surface area contributed by atoms with Crippen LogP contribution in [0.3, 0.4) is 0 Å². The first-order valence-corrected chi connectivity index (χ1v) is 11.6. The summed E-state index contributed by atoms with van der Waals surface area (Å²) in [5.41, 5.74) is 5.16. The fraction of sp³-hybridized carbons (Fsp3) is 0.444. The van der Waals surface area contributed by atoms with Gasteiger partial charge in [-0.15, -0.1) is 0 Å². The Morgan fingerprint density at radius 3 is 2.32 bits per heavy atom. The summed E-state index contributed by atoms with van der Waals surface area (Å²) in [5, 5.41) is 4.58. The first kappa shape index (κ1) is 21.6. The zero-order valence-corrected chi connectivity index (χ0v) is 19.3. The minimum absolute atomic E-state index is 0.0439. The van der Waals surface area contributed by atoms with E-state index in [1.807, 2.05) is 0 Å². The SMILES string of the molecule is CC(C)c1ccc([C@@H](C)NC(=O)C2CCN(Cc3cn(C)c4ccccc34)CC2)cc1. The number of carbonyl (C=O) groups is 1. The lowest BCUT2D eigenvalue weighted by Crippen LogP contribution is -2.40. The molecule has 164 valence electrons. The molecule has 1 aromatic heterocycles. The Kier molecular flexibility index (Phi) is 6.47. The van der Waals surface area contributed by atoms with E-state index in [1.54, 1.807) is 0 Å². The number of hydrogen-bond acceptors (Lipinski definition) is 2. The van der Waals surface area contributed by atoms with Crippen LogP contribution in [0.4, 0.5) is 0 Å². The Hall–Kier alpha value is -2.59. The number of nitrogens with one attached hydrogen (secondary N) is 1. The predicted octanol–water partition coefficient (Wildman–Crippen LogP) is 5.39. The lowest BCUT2D eigenvalue weighted by Gasteiger charge is -2.31. The van der Waals surface area contributed by atoms with Gasteiger partial charge in [0.05, 0.1) is 6.04 Å². The maximum absolute atomic E-state index is 12.9. The van der Waals surface area contributed by atoms with Crippen molar-refractivity contribution >= 4 is 16.8 Å². The summed E-state index contributed by atoms with van der Waals surface area (Å²) in [4.78, 5) is 15.4. The number of nitrogens with zero attached hydrogens (tertiary/aromatic N) is 2. The van der Waals surface area contributed by atoms with E-state index < -0.39 is 0 Å². The highest BCUT2D eigenvalue weighted by atomic mass is 16.1. The third-order valence-corrected chi connectivity index (χ3v) is 6.79. The zero-order valence-electron chi connectivity index (χ0n) is 19.3. The number of hydrogen-bond donors (Lipinski definition) is 1. The largest absolute Gasteiger partial charge is 0.350 e. The molecular weight excluding hydrogens is 382 g/mol. The van der Waals surface area contributed by atoms with Crippen LogP contribution < -0.4 is 5.32 Å². The number of likely N-dealkylation sites (tertiary alicyclic amines) is 1. The van der Waals surface area contributed by atoms with Crippen LogP contribution in [0.5, 0.6) is 0 Å². The smallest absolute Gasteiger partial charge is 0.223 e. The molecule has 1 fully saturated rings. The summed E-state index contributed by atoms with van der Waals surface area (Å²) in [6, 6.07) is 17.3. The average Bonchev–Trinajstić information content (AvgIpc) is 3.09. The molecule has 0 spiro atoms. The molecule has 0 aliphatic carbocycles. The number of piperidine rings is 1. The highest BCUT2D eigenvalue weighted by molar-refractivity contribution is 5.83. The molecule has 4 nitrogen and oxygen atoms in total. The van der Waals surface area contributed by atoms with Crippen molar-refractivity contribution in [3.8, 4) is 0 Å². The minimum Gasteiger partial charge on any atom is -0.350 e. The molecule has 3 aromatic rings. The van der Waals surface area contributed by atoms with E-state index in [0.717, 1.165) is 32.5 Å². The van der Waals surface area contributed by atoms with E-state index in [2.05, 4.69) is 97.3 Å². The van der Waals surface area contributed by atoms with Gasteiger partial charge in [-0.05, 0) is 61.5 Å². The highest BCUT2D eigenvalue weighted by Crippen LogP contribution is 2.25. The molecule has 1 saturated heterocycles. The molecule has 2 aromatic carbocycles. The van der Waals surface area contributed by atoms with E-state index in [9.17, 15) is 4.79 Å². The van der Waals surface area contributed by atoms with Gasteiger partial charge in [-0.1, -0.05) is 56.3 Å². The van der Waals surface area contributed by atoms with Crippen LogP contribution in [0.25, 0.3) is 10.9 Å². The number of aromatic nitrogens is 1. The molecule has 31 heavy (non-hydrogen) atoms. The molecular formula is C27H35N3O. The second kappa shape index (κ2) is 9.27. The first-order chi connectivity index (χ1) is 14.9. The van der Waals surface area contributed by atoms with Gasteiger partial charge in [-0.3, -0.25) is 9.69 Å². The van der Waals surface area contributed by atoms with E-state index in [-0.39, 0.29) is 17.9 Å². The van der Waals surface area contributed by atoms with E-state index in [4.69, 9.17) is 0 Å². The van der Waals surface area contributed by atoms with Crippen LogP contribution >= 0.6 is 0 Å². The van der Waals surface area contributed by atoms with Gasteiger partial charge in [0.25, 0.3) is 0 Å². The number of aryl methyl sites for hydroxylation is 1. The second-order valence-electron chi connectivity index (χ2n) is 9.38. The lowest BCUT2D eigenvalue weighted by molar-refractivity contribution is -0.127. The Labute approximate surface area is 186 Å². The van der Waals surface area contributed by atoms with Gasteiger partial charge < -0.3 is 9.88 Å². The summed E-state index contributed by atoms with van der Waals surface area (Å²) in [6.07, 6.45) is 4.10. The number of benzene rings is 2. The van der Waals surface area contributed by atoms with E-state index in [0.29, 0.717) is 5.92 Å². The molecule has 1 aliphatic rings. The molecule has 1 aliphatic heterocycles. The lowest BCUT2D eigenvalue weighted by atomic mass is 9.94. The number of carbonyl (C=O) groups excluding carboxylic acids is 1. The Balaban J connectivity index is 1.30. The van der Waals surface area contributed by atoms with Crippen molar-refractivity contribution in [3.63, 3.8) is 0 Å². The van der Waals surface area contributed by atoms with Gasteiger partial charge in [0, 0.05) is 36.6 Å². The van der Waals surface area contributed by atoms with Gasteiger partial charge in [0.1, 0.15) is 0 Å². The quantitative estimate of drug-likeness (QED) is 0.584. The Morgan fingerprint density at radius 2 is 1.65 bits per heavy atom. The van der Waals surface area contributed by atoms with Gasteiger partial charge in [0.15, 0.2) is 0 Å². The Morgan fingerprint density at radius 1 is 1.00 bits per heavy atom. The van der Waals surface area contributed by atoms with Gasteiger partial charge in [-0.25, -0.2) is 0 Å². The monoisotopic (exact) mass is 417 g/mol. The number of amides is 1. The van der Waals surface area contributed by atoms with Crippen LogP contribution in [0.15, 0.2) is 54.7 Å². The molecule has 0 saturated carbocycles. The van der Waals surface area contributed by atoms with E-state index in [1.165, 1.54) is 27.6 Å². The third kappa shape index (κ3) is 4.85. The molecule has 4 heteroatoms. The number of rotatable bonds is 6. The zero-order chi connectivity index (χ0) is 22.0. The predicted molar refractivity (Wildman–Crippen MR) is 128 cm³/mol. The van der Waals surface area contributed by atoms with Crippen molar-refractivity contribution < 1.29 is 4.79 Å². The average molecular weight is 418 g/mol. The molecule has 0 unspecified atom stereocenters. The molecule has 0 radical (unpaired) electrons. The van der Waals surface area contributed by atoms with Crippen LogP contribution in [-0.2, 0) is 18.4 Å². The van der Waals surface area contributed by atoms with Crippen molar-refractivity contribution in [2.45, 2.75) is 52.1 Å². The van der Waals surface area contributed by atoms with Crippen LogP contribution in [0.1, 0.15) is 62.3 Å². The van der Waals surface area contributed by atoms with Crippen LogP contribution in [0.2, 0.25) is 0 Å². The van der Waals surface area contributed by atoms with E-state index >= 15 is 0 Å². The van der Waals surface area contributed by atoms with Crippen molar-refractivity contribution in [2.24, 2.45) is 13.0 Å². The summed E-state index contributed by atoms with van der Waals surface area (Å²) >= 11 is 0. The van der Waals surface area contributed by atoms with Crippen molar-refractivity contribution in [1.82, 2.24) is 14.8 Å². The maximum Gasteiger partial charge on any atom is 0.223 e. The summed E-state index contributed by atoms with van der Waals surface area (Å²) in [7, 11) is 2.11. The van der Waals surface area contributed by atoms with Crippen molar-refractivity contribution in [1.29, 1.82) is 0 Å². The van der Waals surface area contributed by atoms with Crippen LogP contribution in [0, 0.1) is 5.92 Å². The van der Waals surface area contributed by atoms with Gasteiger partial charge >= 0.3 is 0 Å². The molecule has 0 bridgehead atoms. The minimum atomic E-state index is 0.0439. The molecule has 2 heterocycles. The topological polar surface area (TPSA) is 37.3 Å². The standard InChI is InChI=1S/C27H35N3O/c1-19(2)21-9-11-22(12-10-21)20(3)28-27(31)23-13-15-30(16-14-23)18-24-17-29(4)26-8-6-5-7-25(24)26/h5-12,17,19-20,23H,13-16,18H2,1-4H3,(H,28,31)/t20-/m1/s1. The molecule has 1 N–H and O–H groups in total. The normalized spacial score (nSPS) is 16.7. The van der Waals surface area contributed by atoms with Crippen molar-refractivity contribution in [2.75, 3.05) is 13.1 Å². The number of para-hydroxylation sites is 1.